The van der Waals surface area contributed by atoms with Crippen molar-refractivity contribution in [1.29, 1.82) is 5.26 Å². The molecule has 68 valence electrons. The second-order valence-electron chi connectivity index (χ2n) is 2.31. The van der Waals surface area contributed by atoms with Gasteiger partial charge in [-0.2, -0.15) is 5.26 Å². The summed E-state index contributed by atoms with van der Waals surface area (Å²) in [5.74, 6) is 0. The summed E-state index contributed by atoms with van der Waals surface area (Å²) >= 11 is 1.28. The van der Waals surface area contributed by atoms with Crippen LogP contribution in [0.1, 0.15) is 5.56 Å². The van der Waals surface area contributed by atoms with Crippen molar-refractivity contribution < 1.29 is 8.42 Å². The second-order valence-corrected chi connectivity index (χ2v) is 7.10. The van der Waals surface area contributed by atoms with Crippen LogP contribution in [0, 0.1) is 11.3 Å². The Balaban J connectivity index is 3.50. The second kappa shape index (κ2) is 3.51. The van der Waals surface area contributed by atoms with E-state index in [1.165, 1.54) is 39.4 Å². The van der Waals surface area contributed by atoms with Crippen LogP contribution in [0.2, 0.25) is 0 Å². The van der Waals surface area contributed by atoms with E-state index in [9.17, 15) is 8.42 Å². The largest absolute Gasteiger partial charge is 0.399 e. The Hall–Kier alpha value is -0.810. The maximum Gasteiger partial charge on any atom is 0.232 e. The van der Waals surface area contributed by atoms with E-state index in [0.717, 1.165) is 0 Å². The molecule has 0 radical (unpaired) electrons. The van der Waals surface area contributed by atoms with Crippen LogP contribution in [-0.2, 0) is 7.01 Å². The molecule has 0 bridgehead atoms. The third-order valence-electron chi connectivity index (χ3n) is 1.39. The molecule has 1 aromatic rings. The first-order valence-electron chi connectivity index (χ1n) is 3.19. The number of halogens is 1. The van der Waals surface area contributed by atoms with E-state index in [-0.39, 0.29) is 10.5 Å². The lowest BCUT2D eigenvalue weighted by Gasteiger charge is -2.00. The van der Waals surface area contributed by atoms with Gasteiger partial charge < -0.3 is 5.73 Å². The number of nitrogen functional groups attached to an aromatic ring is 1. The Morgan fingerprint density at radius 2 is 2.08 bits per heavy atom. The average molecular weight is 308 g/mol. The summed E-state index contributed by atoms with van der Waals surface area (Å²) in [5.41, 5.74) is 5.85. The molecule has 0 aliphatic heterocycles. The number of hydrogen-bond acceptors (Lipinski definition) is 4. The van der Waals surface area contributed by atoms with Crippen LogP contribution in [-0.4, -0.2) is 8.42 Å². The predicted molar refractivity (Wildman–Crippen MR) is 56.8 cm³/mol. The van der Waals surface area contributed by atoms with Gasteiger partial charge in [0, 0.05) is 5.69 Å². The molecular formula is C7H5IN2O2S. The van der Waals surface area contributed by atoms with Crippen molar-refractivity contribution in [1.82, 2.24) is 0 Å². The van der Waals surface area contributed by atoms with Crippen molar-refractivity contribution in [2.75, 3.05) is 5.73 Å². The molecular weight excluding hydrogens is 303 g/mol. The van der Waals surface area contributed by atoms with E-state index in [0.29, 0.717) is 5.69 Å². The SMILES string of the molecule is N#Cc1cc(N)ccc1S(=O)(=O)I. The van der Waals surface area contributed by atoms with Gasteiger partial charge in [-0.1, -0.05) is 0 Å². The first-order chi connectivity index (χ1) is 5.95. The summed E-state index contributed by atoms with van der Waals surface area (Å²) in [5, 5.41) is 8.63. The Bertz CT molecular complexity index is 476. The highest BCUT2D eigenvalue weighted by molar-refractivity contribution is 14.2. The van der Waals surface area contributed by atoms with Gasteiger partial charge in [0.1, 0.15) is 6.07 Å². The van der Waals surface area contributed by atoms with Crippen molar-refractivity contribution >= 4 is 33.9 Å². The number of anilines is 1. The highest BCUT2D eigenvalue weighted by Gasteiger charge is 2.14. The summed E-state index contributed by atoms with van der Waals surface area (Å²) in [6.45, 7) is 0. The number of benzene rings is 1. The summed E-state index contributed by atoms with van der Waals surface area (Å²) in [6.07, 6.45) is 0. The smallest absolute Gasteiger partial charge is 0.232 e. The van der Waals surface area contributed by atoms with Gasteiger partial charge in [0.2, 0.25) is 7.01 Å². The summed E-state index contributed by atoms with van der Waals surface area (Å²) in [7, 11) is -3.37. The molecule has 1 aromatic carbocycles. The molecule has 0 aromatic heterocycles. The zero-order valence-corrected chi connectivity index (χ0v) is 9.33. The van der Waals surface area contributed by atoms with Crippen LogP contribution in [0.25, 0.3) is 0 Å². The molecule has 0 spiro atoms. The summed E-state index contributed by atoms with van der Waals surface area (Å²) in [4.78, 5) is 0.00444. The van der Waals surface area contributed by atoms with E-state index in [4.69, 9.17) is 11.0 Å². The van der Waals surface area contributed by atoms with Crippen molar-refractivity contribution in [2.45, 2.75) is 4.90 Å². The molecule has 0 fully saturated rings. The molecule has 6 heteroatoms. The van der Waals surface area contributed by atoms with Crippen LogP contribution in [0.15, 0.2) is 23.1 Å². The molecule has 0 unspecified atom stereocenters. The van der Waals surface area contributed by atoms with E-state index in [1.807, 2.05) is 0 Å². The molecule has 0 heterocycles. The van der Waals surface area contributed by atoms with Crippen LogP contribution in [0.4, 0.5) is 5.69 Å². The number of nitrogens with two attached hydrogens (primary N) is 1. The number of hydrogen-bond donors (Lipinski definition) is 1. The van der Waals surface area contributed by atoms with Crippen molar-refractivity contribution in [3.05, 3.63) is 23.8 Å². The normalized spacial score (nSPS) is 10.8. The molecule has 13 heavy (non-hydrogen) atoms. The van der Waals surface area contributed by atoms with Gasteiger partial charge in [-0.15, -0.1) is 0 Å². The van der Waals surface area contributed by atoms with Crippen LogP contribution in [0.3, 0.4) is 0 Å². The third-order valence-corrected chi connectivity index (χ3v) is 3.69. The molecule has 1 rings (SSSR count). The quantitative estimate of drug-likeness (QED) is 0.481. The Morgan fingerprint density at radius 3 is 2.54 bits per heavy atom. The standard InChI is InChI=1S/C7H5IN2O2S/c8-13(11,12)7-2-1-6(10)3-5(7)4-9/h1-3H,10H2. The molecule has 0 atom stereocenters. The van der Waals surface area contributed by atoms with Gasteiger partial charge in [0.15, 0.2) is 0 Å². The molecule has 0 amide bonds. The highest BCUT2D eigenvalue weighted by atomic mass is 127. The fourth-order valence-corrected chi connectivity index (χ4v) is 2.60. The van der Waals surface area contributed by atoms with Gasteiger partial charge in [0.05, 0.1) is 31.7 Å². The van der Waals surface area contributed by atoms with Crippen molar-refractivity contribution in [3.8, 4) is 6.07 Å². The highest BCUT2D eigenvalue weighted by Crippen LogP contribution is 2.23. The first-order valence-corrected chi connectivity index (χ1v) is 7.22. The lowest BCUT2D eigenvalue weighted by molar-refractivity contribution is 0.612. The summed E-state index contributed by atoms with van der Waals surface area (Å²) in [6, 6.07) is 5.90. The average Bonchev–Trinajstić information content (AvgIpc) is 2.01. The predicted octanol–water partition coefficient (Wildman–Crippen LogP) is 1.26. The maximum atomic E-state index is 11.1. The third kappa shape index (κ3) is 2.32. The minimum Gasteiger partial charge on any atom is -0.399 e. The van der Waals surface area contributed by atoms with Gasteiger partial charge in [-0.05, 0) is 18.2 Å². The molecule has 2 N–H and O–H groups in total. The molecule has 0 aliphatic rings. The monoisotopic (exact) mass is 308 g/mol. The van der Waals surface area contributed by atoms with E-state index in [2.05, 4.69) is 0 Å². The summed E-state index contributed by atoms with van der Waals surface area (Å²) < 4.78 is 22.2. The topological polar surface area (TPSA) is 83.9 Å². The van der Waals surface area contributed by atoms with Crippen LogP contribution in [0.5, 0.6) is 0 Å². The zero-order valence-electron chi connectivity index (χ0n) is 6.36. The Morgan fingerprint density at radius 1 is 1.46 bits per heavy atom. The number of nitrogens with zero attached hydrogens (tertiary/aromatic N) is 1. The van der Waals surface area contributed by atoms with Crippen LogP contribution < -0.4 is 5.73 Å². The lowest BCUT2D eigenvalue weighted by atomic mass is 10.2. The Kier molecular flexibility index (Phi) is 2.77. The van der Waals surface area contributed by atoms with Gasteiger partial charge >= 0.3 is 0 Å². The van der Waals surface area contributed by atoms with Gasteiger partial charge in [-0.3, -0.25) is 0 Å². The molecule has 0 saturated heterocycles. The number of nitriles is 1. The lowest BCUT2D eigenvalue weighted by Crippen LogP contribution is -1.96. The van der Waals surface area contributed by atoms with Gasteiger partial charge in [-0.25, -0.2) is 8.42 Å². The molecule has 0 saturated carbocycles. The molecule has 0 aliphatic carbocycles. The molecule has 4 nitrogen and oxygen atoms in total. The first kappa shape index (κ1) is 10.3. The fourth-order valence-electron chi connectivity index (χ4n) is 0.848. The minimum absolute atomic E-state index is 0.00444. The minimum atomic E-state index is -3.37. The van der Waals surface area contributed by atoms with E-state index < -0.39 is 7.01 Å². The van der Waals surface area contributed by atoms with E-state index in [1.54, 1.807) is 6.07 Å². The van der Waals surface area contributed by atoms with Crippen molar-refractivity contribution in [2.24, 2.45) is 0 Å². The fraction of sp³-hybridized carbons (Fsp3) is 0. The van der Waals surface area contributed by atoms with E-state index >= 15 is 0 Å². The van der Waals surface area contributed by atoms with Crippen LogP contribution >= 0.6 is 21.2 Å². The maximum absolute atomic E-state index is 11.1. The Labute approximate surface area is 87.9 Å². The zero-order chi connectivity index (χ0) is 10.1. The number of rotatable bonds is 1. The van der Waals surface area contributed by atoms with Crippen molar-refractivity contribution in [3.63, 3.8) is 0 Å². The van der Waals surface area contributed by atoms with Gasteiger partial charge in [0.25, 0.3) is 0 Å².